The van der Waals surface area contributed by atoms with Crippen LogP contribution < -0.4 is 20.1 Å². The van der Waals surface area contributed by atoms with Crippen LogP contribution in [0.4, 0.5) is 5.13 Å². The Kier molecular flexibility index (Phi) is 8.40. The molecule has 0 unspecified atom stereocenters. The molecule has 1 aromatic heterocycles. The number of aromatic nitrogens is 2. The van der Waals surface area contributed by atoms with Gasteiger partial charge in [0.2, 0.25) is 11.0 Å². The lowest BCUT2D eigenvalue weighted by Gasteiger charge is -2.23. The van der Waals surface area contributed by atoms with Crippen LogP contribution in [0, 0.1) is 5.92 Å². The fraction of sp³-hybridized carbons (Fsp3) is 0.304. The van der Waals surface area contributed by atoms with Gasteiger partial charge >= 0.3 is 0 Å². The summed E-state index contributed by atoms with van der Waals surface area (Å²) in [6.45, 7) is 3.87. The third kappa shape index (κ3) is 6.08. The van der Waals surface area contributed by atoms with E-state index in [1.54, 1.807) is 18.2 Å². The van der Waals surface area contributed by atoms with Crippen LogP contribution in [0.2, 0.25) is 0 Å². The van der Waals surface area contributed by atoms with Gasteiger partial charge in [0.1, 0.15) is 22.5 Å². The standard InChI is InChI=1S/C23H25BrN4O4S/c1-5-13(2)19(25-20(29)17-10-9-16(31-3)12-18(17)32-4)21(30)26-23-28-27-22(33-23)14-7-6-8-15(24)11-14/h6-13,19H,5H2,1-4H3,(H,25,29)(H,26,28,30)/t13-,19+/m1/s1. The van der Waals surface area contributed by atoms with Crippen LogP contribution in [0.25, 0.3) is 10.6 Å². The maximum Gasteiger partial charge on any atom is 0.255 e. The van der Waals surface area contributed by atoms with Gasteiger partial charge in [-0.25, -0.2) is 0 Å². The van der Waals surface area contributed by atoms with Gasteiger partial charge in [-0.1, -0.05) is 59.7 Å². The Morgan fingerprint density at radius 3 is 2.58 bits per heavy atom. The van der Waals surface area contributed by atoms with E-state index >= 15 is 0 Å². The first-order valence-electron chi connectivity index (χ1n) is 10.3. The van der Waals surface area contributed by atoms with Gasteiger partial charge in [-0.2, -0.15) is 0 Å². The van der Waals surface area contributed by atoms with E-state index in [0.29, 0.717) is 33.6 Å². The molecule has 10 heteroatoms. The van der Waals surface area contributed by atoms with Crippen LogP contribution in [0.5, 0.6) is 11.5 Å². The van der Waals surface area contributed by atoms with Crippen LogP contribution in [-0.4, -0.2) is 42.3 Å². The minimum atomic E-state index is -0.771. The number of methoxy groups -OCH3 is 2. The molecule has 0 saturated carbocycles. The number of hydrogen-bond acceptors (Lipinski definition) is 7. The summed E-state index contributed by atoms with van der Waals surface area (Å²) in [7, 11) is 3.01. The zero-order valence-corrected chi connectivity index (χ0v) is 21.1. The number of carbonyl (C=O) groups excluding carboxylic acids is 2. The second-order valence-electron chi connectivity index (χ2n) is 7.31. The smallest absolute Gasteiger partial charge is 0.255 e. The van der Waals surface area contributed by atoms with E-state index in [2.05, 4.69) is 36.8 Å². The third-order valence-corrected chi connectivity index (χ3v) is 6.54. The number of nitrogens with zero attached hydrogens (tertiary/aromatic N) is 2. The lowest BCUT2D eigenvalue weighted by molar-refractivity contribution is -0.119. The van der Waals surface area contributed by atoms with Gasteiger partial charge in [0, 0.05) is 16.1 Å². The molecule has 0 saturated heterocycles. The molecule has 33 heavy (non-hydrogen) atoms. The molecule has 0 aliphatic carbocycles. The molecule has 2 atom stereocenters. The predicted octanol–water partition coefficient (Wildman–Crippen LogP) is 4.77. The van der Waals surface area contributed by atoms with Gasteiger partial charge in [-0.05, 0) is 30.2 Å². The zero-order chi connectivity index (χ0) is 24.0. The molecule has 8 nitrogen and oxygen atoms in total. The topological polar surface area (TPSA) is 102 Å². The molecule has 0 bridgehead atoms. The van der Waals surface area contributed by atoms with Crippen LogP contribution in [0.1, 0.15) is 30.6 Å². The minimum absolute atomic E-state index is 0.115. The number of nitrogens with one attached hydrogen (secondary N) is 2. The highest BCUT2D eigenvalue weighted by Crippen LogP contribution is 2.29. The maximum atomic E-state index is 13.1. The molecule has 0 aliphatic heterocycles. The normalized spacial score (nSPS) is 12.5. The molecule has 0 spiro atoms. The lowest BCUT2D eigenvalue weighted by atomic mass is 9.98. The summed E-state index contributed by atoms with van der Waals surface area (Å²) in [6.07, 6.45) is 0.692. The van der Waals surface area contributed by atoms with Crippen LogP contribution >= 0.6 is 27.3 Å². The Morgan fingerprint density at radius 2 is 1.91 bits per heavy atom. The molecule has 0 aliphatic rings. The first-order chi connectivity index (χ1) is 15.9. The van der Waals surface area contributed by atoms with Gasteiger partial charge in [-0.15, -0.1) is 10.2 Å². The van der Waals surface area contributed by atoms with Crippen molar-refractivity contribution in [3.63, 3.8) is 0 Å². The third-order valence-electron chi connectivity index (χ3n) is 5.16. The molecule has 2 aromatic carbocycles. The maximum absolute atomic E-state index is 13.1. The first kappa shape index (κ1) is 24.7. The number of amides is 2. The Labute approximate surface area is 204 Å². The molecule has 1 heterocycles. The van der Waals surface area contributed by atoms with Crippen molar-refractivity contribution < 1.29 is 19.1 Å². The van der Waals surface area contributed by atoms with E-state index in [4.69, 9.17) is 9.47 Å². The molecular formula is C23H25BrN4O4S. The van der Waals surface area contributed by atoms with E-state index in [1.165, 1.54) is 25.6 Å². The van der Waals surface area contributed by atoms with Crippen molar-refractivity contribution in [1.82, 2.24) is 15.5 Å². The number of benzene rings is 2. The van der Waals surface area contributed by atoms with E-state index < -0.39 is 11.9 Å². The first-order valence-corrected chi connectivity index (χ1v) is 11.9. The highest BCUT2D eigenvalue weighted by molar-refractivity contribution is 9.10. The molecule has 3 aromatic rings. The Balaban J connectivity index is 1.77. The number of anilines is 1. The van der Waals surface area contributed by atoms with Gasteiger partial charge in [0.05, 0.1) is 19.8 Å². The van der Waals surface area contributed by atoms with Crippen molar-refractivity contribution in [2.75, 3.05) is 19.5 Å². The zero-order valence-electron chi connectivity index (χ0n) is 18.7. The van der Waals surface area contributed by atoms with Crippen molar-refractivity contribution in [2.24, 2.45) is 5.92 Å². The van der Waals surface area contributed by atoms with Gasteiger partial charge in [-0.3, -0.25) is 14.9 Å². The fourth-order valence-electron chi connectivity index (χ4n) is 3.10. The molecule has 0 radical (unpaired) electrons. The molecule has 0 fully saturated rings. The Bertz CT molecular complexity index is 1140. The Hall–Kier alpha value is -2.98. The average Bonchev–Trinajstić information content (AvgIpc) is 3.29. The SMILES string of the molecule is CC[C@@H](C)[C@H](NC(=O)c1ccc(OC)cc1OC)C(=O)Nc1nnc(-c2cccc(Br)c2)s1. The van der Waals surface area contributed by atoms with E-state index in [0.717, 1.165) is 10.0 Å². The molecular weight excluding hydrogens is 508 g/mol. The number of ether oxygens (including phenoxy) is 2. The second kappa shape index (κ2) is 11.2. The largest absolute Gasteiger partial charge is 0.497 e. The summed E-state index contributed by atoms with van der Waals surface area (Å²) in [5.41, 5.74) is 1.20. The number of halogens is 1. The van der Waals surface area contributed by atoms with Crippen molar-refractivity contribution in [2.45, 2.75) is 26.3 Å². The van der Waals surface area contributed by atoms with Crippen LogP contribution in [0.15, 0.2) is 46.9 Å². The predicted molar refractivity (Wildman–Crippen MR) is 132 cm³/mol. The summed E-state index contributed by atoms with van der Waals surface area (Å²) in [4.78, 5) is 26.1. The number of rotatable bonds is 9. The molecule has 2 N–H and O–H groups in total. The molecule has 174 valence electrons. The summed E-state index contributed by atoms with van der Waals surface area (Å²) in [5, 5.41) is 14.9. The van der Waals surface area contributed by atoms with Crippen LogP contribution in [0.3, 0.4) is 0 Å². The number of hydrogen-bond donors (Lipinski definition) is 2. The van der Waals surface area contributed by atoms with Gasteiger partial charge in [0.25, 0.3) is 5.91 Å². The highest BCUT2D eigenvalue weighted by atomic mass is 79.9. The van der Waals surface area contributed by atoms with Crippen molar-refractivity contribution in [3.05, 3.63) is 52.5 Å². The monoisotopic (exact) mass is 532 g/mol. The molecule has 2 amide bonds. The van der Waals surface area contributed by atoms with Crippen molar-refractivity contribution in [1.29, 1.82) is 0 Å². The van der Waals surface area contributed by atoms with E-state index in [-0.39, 0.29) is 11.8 Å². The van der Waals surface area contributed by atoms with Crippen molar-refractivity contribution in [3.8, 4) is 22.1 Å². The summed E-state index contributed by atoms with van der Waals surface area (Å²) < 4.78 is 11.4. The van der Waals surface area contributed by atoms with Crippen molar-refractivity contribution >= 4 is 44.2 Å². The van der Waals surface area contributed by atoms with Crippen LogP contribution in [-0.2, 0) is 4.79 Å². The fourth-order valence-corrected chi connectivity index (χ4v) is 4.24. The molecule has 3 rings (SSSR count). The minimum Gasteiger partial charge on any atom is -0.497 e. The summed E-state index contributed by atoms with van der Waals surface area (Å²) in [5.74, 6) is 0.0370. The van der Waals surface area contributed by atoms with E-state index in [9.17, 15) is 9.59 Å². The lowest BCUT2D eigenvalue weighted by Crippen LogP contribution is -2.47. The second-order valence-corrected chi connectivity index (χ2v) is 9.21. The Morgan fingerprint density at radius 1 is 1.12 bits per heavy atom. The summed E-state index contributed by atoms with van der Waals surface area (Å²) in [6, 6.07) is 11.8. The quantitative estimate of drug-likeness (QED) is 0.411. The number of carbonyl (C=O) groups is 2. The van der Waals surface area contributed by atoms with Gasteiger partial charge < -0.3 is 14.8 Å². The average molecular weight is 533 g/mol. The van der Waals surface area contributed by atoms with Gasteiger partial charge in [0.15, 0.2) is 0 Å². The van der Waals surface area contributed by atoms with E-state index in [1.807, 2.05) is 38.1 Å². The summed E-state index contributed by atoms with van der Waals surface area (Å²) >= 11 is 4.70. The highest BCUT2D eigenvalue weighted by Gasteiger charge is 2.28.